The molecular weight excluding hydrogens is 256 g/mol. The summed E-state index contributed by atoms with van der Waals surface area (Å²) in [7, 11) is 1.74. The fraction of sp³-hybridized carbons (Fsp3) is 0.467. The predicted octanol–water partition coefficient (Wildman–Crippen LogP) is 1.26. The average Bonchev–Trinajstić information content (AvgIpc) is 2.37. The molecule has 2 N–H and O–H groups in total. The van der Waals surface area contributed by atoms with Crippen LogP contribution in [-0.4, -0.2) is 42.0 Å². The van der Waals surface area contributed by atoms with E-state index in [9.17, 15) is 9.59 Å². The van der Waals surface area contributed by atoms with Crippen LogP contribution in [0.4, 0.5) is 0 Å². The molecule has 1 atom stereocenters. The van der Waals surface area contributed by atoms with Crippen molar-refractivity contribution in [3.63, 3.8) is 0 Å². The van der Waals surface area contributed by atoms with Gasteiger partial charge in [-0.1, -0.05) is 36.8 Å². The molecule has 1 aromatic rings. The van der Waals surface area contributed by atoms with E-state index in [2.05, 4.69) is 5.32 Å². The van der Waals surface area contributed by atoms with E-state index >= 15 is 0 Å². The number of benzene rings is 1. The van der Waals surface area contributed by atoms with Gasteiger partial charge in [0, 0.05) is 13.1 Å². The summed E-state index contributed by atoms with van der Waals surface area (Å²) in [4.78, 5) is 24.2. The Morgan fingerprint density at radius 1 is 1.30 bits per heavy atom. The van der Waals surface area contributed by atoms with E-state index in [4.69, 9.17) is 5.11 Å². The molecule has 5 heteroatoms. The van der Waals surface area contributed by atoms with Gasteiger partial charge < -0.3 is 10.4 Å². The van der Waals surface area contributed by atoms with Gasteiger partial charge in [-0.25, -0.2) is 0 Å². The third-order valence-electron chi connectivity index (χ3n) is 3.03. The summed E-state index contributed by atoms with van der Waals surface area (Å²) in [6, 6.07) is 7.96. The number of nitrogens with zero attached hydrogens (tertiary/aromatic N) is 1. The number of hydrogen-bond donors (Lipinski definition) is 2. The summed E-state index contributed by atoms with van der Waals surface area (Å²) >= 11 is 0. The van der Waals surface area contributed by atoms with E-state index in [1.807, 2.05) is 31.2 Å². The molecular formula is C15H22N2O3. The SMILES string of the molecule is Cc1ccc(CNC(=O)CN(C)CC(C)C(=O)O)cc1. The van der Waals surface area contributed by atoms with Crippen molar-refractivity contribution in [1.29, 1.82) is 0 Å². The number of carbonyl (C=O) groups is 2. The van der Waals surface area contributed by atoms with Crippen LogP contribution in [0.25, 0.3) is 0 Å². The smallest absolute Gasteiger partial charge is 0.307 e. The van der Waals surface area contributed by atoms with Crippen LogP contribution in [0.15, 0.2) is 24.3 Å². The monoisotopic (exact) mass is 278 g/mol. The second-order valence-electron chi connectivity index (χ2n) is 5.20. The zero-order valence-electron chi connectivity index (χ0n) is 12.2. The molecule has 0 saturated carbocycles. The third-order valence-corrected chi connectivity index (χ3v) is 3.03. The van der Waals surface area contributed by atoms with Gasteiger partial charge in [-0.3, -0.25) is 14.5 Å². The Hall–Kier alpha value is -1.88. The molecule has 0 saturated heterocycles. The molecule has 1 unspecified atom stereocenters. The molecule has 20 heavy (non-hydrogen) atoms. The van der Waals surface area contributed by atoms with Crippen molar-refractivity contribution in [2.75, 3.05) is 20.1 Å². The Kier molecular flexibility index (Phi) is 6.18. The Morgan fingerprint density at radius 3 is 2.45 bits per heavy atom. The first kappa shape index (κ1) is 16.2. The second kappa shape index (κ2) is 7.65. The van der Waals surface area contributed by atoms with Crippen LogP contribution in [0, 0.1) is 12.8 Å². The minimum Gasteiger partial charge on any atom is -0.481 e. The average molecular weight is 278 g/mol. The number of carboxylic acid groups (broad SMARTS) is 1. The lowest BCUT2D eigenvalue weighted by Crippen LogP contribution is -2.38. The minimum absolute atomic E-state index is 0.106. The van der Waals surface area contributed by atoms with Gasteiger partial charge in [0.15, 0.2) is 0 Å². The van der Waals surface area contributed by atoms with E-state index in [-0.39, 0.29) is 12.5 Å². The van der Waals surface area contributed by atoms with Gasteiger partial charge in [0.1, 0.15) is 0 Å². The highest BCUT2D eigenvalue weighted by molar-refractivity contribution is 5.78. The molecule has 0 aromatic heterocycles. The quantitative estimate of drug-likeness (QED) is 0.788. The number of carboxylic acids is 1. The highest BCUT2D eigenvalue weighted by Gasteiger charge is 2.15. The van der Waals surface area contributed by atoms with Crippen molar-refractivity contribution in [3.8, 4) is 0 Å². The highest BCUT2D eigenvalue weighted by atomic mass is 16.4. The van der Waals surface area contributed by atoms with Gasteiger partial charge >= 0.3 is 5.97 Å². The van der Waals surface area contributed by atoms with E-state index in [1.165, 1.54) is 5.56 Å². The van der Waals surface area contributed by atoms with E-state index in [0.29, 0.717) is 13.1 Å². The van der Waals surface area contributed by atoms with E-state index in [1.54, 1.807) is 18.9 Å². The van der Waals surface area contributed by atoms with Crippen molar-refractivity contribution in [2.45, 2.75) is 20.4 Å². The van der Waals surface area contributed by atoms with Crippen molar-refractivity contribution in [3.05, 3.63) is 35.4 Å². The molecule has 0 aliphatic carbocycles. The first-order chi connectivity index (χ1) is 9.38. The summed E-state index contributed by atoms with van der Waals surface area (Å²) in [6.07, 6.45) is 0. The van der Waals surface area contributed by atoms with Gasteiger partial charge in [-0.2, -0.15) is 0 Å². The third kappa shape index (κ3) is 5.84. The van der Waals surface area contributed by atoms with Crippen molar-refractivity contribution in [1.82, 2.24) is 10.2 Å². The number of rotatable bonds is 7. The standard InChI is InChI=1S/C15H22N2O3/c1-11-4-6-13(7-5-11)8-16-14(18)10-17(3)9-12(2)15(19)20/h4-7,12H,8-10H2,1-3H3,(H,16,18)(H,19,20). The fourth-order valence-electron chi connectivity index (χ4n) is 1.82. The van der Waals surface area contributed by atoms with Crippen molar-refractivity contribution < 1.29 is 14.7 Å². The second-order valence-corrected chi connectivity index (χ2v) is 5.20. The van der Waals surface area contributed by atoms with Crippen molar-refractivity contribution in [2.24, 2.45) is 5.92 Å². The Bertz CT molecular complexity index is 457. The molecule has 5 nitrogen and oxygen atoms in total. The number of likely N-dealkylation sites (N-methyl/N-ethyl adjacent to an activating group) is 1. The number of carbonyl (C=O) groups excluding carboxylic acids is 1. The number of amides is 1. The Balaban J connectivity index is 2.32. The molecule has 0 aliphatic rings. The van der Waals surface area contributed by atoms with Gasteiger partial charge in [-0.05, 0) is 19.5 Å². The van der Waals surface area contributed by atoms with Crippen LogP contribution in [-0.2, 0) is 16.1 Å². The summed E-state index contributed by atoms with van der Waals surface area (Å²) in [5.74, 6) is -1.44. The topological polar surface area (TPSA) is 69.6 Å². The first-order valence-electron chi connectivity index (χ1n) is 6.62. The van der Waals surface area contributed by atoms with Crippen LogP contribution >= 0.6 is 0 Å². The maximum Gasteiger partial charge on any atom is 0.307 e. The fourth-order valence-corrected chi connectivity index (χ4v) is 1.82. The summed E-state index contributed by atoms with van der Waals surface area (Å²) in [5.41, 5.74) is 2.23. The van der Waals surface area contributed by atoms with Crippen molar-refractivity contribution >= 4 is 11.9 Å². The molecule has 0 bridgehead atoms. The summed E-state index contributed by atoms with van der Waals surface area (Å²) in [6.45, 7) is 4.68. The molecule has 0 spiro atoms. The Morgan fingerprint density at radius 2 is 1.90 bits per heavy atom. The van der Waals surface area contributed by atoms with Crippen LogP contribution in [0.2, 0.25) is 0 Å². The molecule has 1 rings (SSSR count). The molecule has 110 valence electrons. The largest absolute Gasteiger partial charge is 0.481 e. The van der Waals surface area contributed by atoms with Gasteiger partial charge in [0.2, 0.25) is 5.91 Å². The van der Waals surface area contributed by atoms with Gasteiger partial charge in [0.25, 0.3) is 0 Å². The van der Waals surface area contributed by atoms with Crippen LogP contribution in [0.1, 0.15) is 18.1 Å². The number of nitrogens with one attached hydrogen (secondary N) is 1. The molecule has 1 aromatic carbocycles. The normalized spacial score (nSPS) is 12.2. The molecule has 0 heterocycles. The van der Waals surface area contributed by atoms with Gasteiger partial charge in [-0.15, -0.1) is 0 Å². The minimum atomic E-state index is -0.850. The number of hydrogen-bond acceptors (Lipinski definition) is 3. The lowest BCUT2D eigenvalue weighted by molar-refractivity contribution is -0.142. The molecule has 0 fully saturated rings. The number of aliphatic carboxylic acids is 1. The molecule has 1 amide bonds. The van der Waals surface area contributed by atoms with Crippen LogP contribution in [0.3, 0.4) is 0 Å². The maximum absolute atomic E-state index is 11.7. The molecule has 0 aliphatic heterocycles. The summed E-state index contributed by atoms with van der Waals surface area (Å²) < 4.78 is 0. The predicted molar refractivity (Wildman–Crippen MR) is 77.3 cm³/mol. The van der Waals surface area contributed by atoms with Crippen LogP contribution < -0.4 is 5.32 Å². The maximum atomic E-state index is 11.7. The van der Waals surface area contributed by atoms with Gasteiger partial charge in [0.05, 0.1) is 12.5 Å². The van der Waals surface area contributed by atoms with E-state index < -0.39 is 11.9 Å². The zero-order valence-corrected chi connectivity index (χ0v) is 12.2. The first-order valence-corrected chi connectivity index (χ1v) is 6.62. The van der Waals surface area contributed by atoms with Crippen LogP contribution in [0.5, 0.6) is 0 Å². The molecule has 0 radical (unpaired) electrons. The lowest BCUT2D eigenvalue weighted by atomic mass is 10.1. The number of aryl methyl sites for hydroxylation is 1. The highest BCUT2D eigenvalue weighted by Crippen LogP contribution is 2.02. The Labute approximate surface area is 119 Å². The lowest BCUT2D eigenvalue weighted by Gasteiger charge is -2.18. The van der Waals surface area contributed by atoms with E-state index in [0.717, 1.165) is 5.56 Å². The zero-order chi connectivity index (χ0) is 15.1. The summed E-state index contributed by atoms with van der Waals surface area (Å²) in [5, 5.41) is 11.6.